The van der Waals surface area contributed by atoms with Gasteiger partial charge in [-0.15, -0.1) is 0 Å². The van der Waals surface area contributed by atoms with Gasteiger partial charge in [0.05, 0.1) is 17.7 Å². The molecule has 1 saturated heterocycles. The molecule has 5 heteroatoms. The van der Waals surface area contributed by atoms with Crippen molar-refractivity contribution in [1.82, 2.24) is 4.90 Å². The monoisotopic (exact) mass is 323 g/mol. The number of hydrogen-bond donors (Lipinski definition) is 0. The maximum atomic E-state index is 12.7. The predicted molar refractivity (Wildman–Crippen MR) is 88.1 cm³/mol. The minimum atomic E-state index is -1.89. The van der Waals surface area contributed by atoms with Crippen LogP contribution in [0.1, 0.15) is 52.9 Å². The molecule has 1 aliphatic heterocycles. The van der Waals surface area contributed by atoms with E-state index in [0.29, 0.717) is 6.42 Å². The van der Waals surface area contributed by atoms with Crippen LogP contribution >= 0.6 is 0 Å². The quantitative estimate of drug-likeness (QED) is 0.590. The van der Waals surface area contributed by atoms with Crippen LogP contribution in [0, 0.1) is 5.92 Å². The number of nitrogens with zero attached hydrogens (tertiary/aromatic N) is 1. The SMILES string of the molecule is CC(C)(C)[Si](C)(C)O[C@H]1C[C@H](C=O)N(C(=O)C2CC2)C12CC2. The van der Waals surface area contributed by atoms with E-state index >= 15 is 0 Å². The molecular formula is C17H29NO3Si. The summed E-state index contributed by atoms with van der Waals surface area (Å²) in [6.07, 6.45) is 5.68. The molecule has 0 aromatic heterocycles. The molecule has 2 saturated carbocycles. The van der Waals surface area contributed by atoms with E-state index in [-0.39, 0.29) is 34.5 Å². The Labute approximate surface area is 134 Å². The molecule has 0 aromatic carbocycles. The topological polar surface area (TPSA) is 46.6 Å². The van der Waals surface area contributed by atoms with Crippen LogP contribution in [-0.4, -0.2) is 43.1 Å². The number of carbonyl (C=O) groups is 2. The van der Waals surface area contributed by atoms with Gasteiger partial charge in [-0.25, -0.2) is 0 Å². The Morgan fingerprint density at radius 3 is 2.27 bits per heavy atom. The van der Waals surface area contributed by atoms with E-state index in [4.69, 9.17) is 4.43 Å². The molecule has 3 rings (SSSR count). The third kappa shape index (κ3) is 2.46. The van der Waals surface area contributed by atoms with E-state index in [1.165, 1.54) is 0 Å². The molecule has 2 aliphatic carbocycles. The summed E-state index contributed by atoms with van der Waals surface area (Å²) in [5.74, 6) is 0.377. The molecule has 0 radical (unpaired) electrons. The van der Waals surface area contributed by atoms with Gasteiger partial charge in [-0.05, 0) is 43.8 Å². The number of likely N-dealkylation sites (tertiary alicyclic amines) is 1. The number of rotatable bonds is 4. The Bertz CT molecular complexity index is 489. The van der Waals surface area contributed by atoms with Gasteiger partial charge in [-0.3, -0.25) is 4.79 Å². The zero-order valence-corrected chi connectivity index (χ0v) is 15.5. The van der Waals surface area contributed by atoms with Crippen molar-refractivity contribution < 1.29 is 14.0 Å². The van der Waals surface area contributed by atoms with Crippen LogP contribution in [0.3, 0.4) is 0 Å². The molecule has 3 aliphatic rings. The largest absolute Gasteiger partial charge is 0.411 e. The molecule has 3 fully saturated rings. The molecule has 1 amide bonds. The summed E-state index contributed by atoms with van der Waals surface area (Å²) in [7, 11) is -1.89. The Balaban J connectivity index is 1.82. The minimum Gasteiger partial charge on any atom is -0.411 e. The summed E-state index contributed by atoms with van der Waals surface area (Å²) < 4.78 is 6.64. The molecule has 4 nitrogen and oxygen atoms in total. The van der Waals surface area contributed by atoms with Crippen molar-refractivity contribution in [3.8, 4) is 0 Å². The normalized spacial score (nSPS) is 30.7. The summed E-state index contributed by atoms with van der Waals surface area (Å²) >= 11 is 0. The Hall–Kier alpha value is -0.683. The van der Waals surface area contributed by atoms with Crippen LogP contribution in [0.15, 0.2) is 0 Å². The molecule has 1 spiro atoms. The zero-order valence-electron chi connectivity index (χ0n) is 14.5. The number of amides is 1. The summed E-state index contributed by atoms with van der Waals surface area (Å²) in [5, 5.41) is 0.147. The fourth-order valence-electron chi connectivity index (χ4n) is 3.44. The first-order chi connectivity index (χ1) is 10.1. The number of carbonyl (C=O) groups excluding carboxylic acids is 2. The molecule has 1 heterocycles. The van der Waals surface area contributed by atoms with Crippen molar-refractivity contribution in [2.24, 2.45) is 5.92 Å². The van der Waals surface area contributed by atoms with Gasteiger partial charge in [-0.2, -0.15) is 0 Å². The highest BCUT2D eigenvalue weighted by atomic mass is 28.4. The molecule has 124 valence electrons. The molecule has 22 heavy (non-hydrogen) atoms. The van der Waals surface area contributed by atoms with Crippen LogP contribution in [0.25, 0.3) is 0 Å². The highest BCUT2D eigenvalue weighted by Crippen LogP contribution is 2.56. The van der Waals surface area contributed by atoms with E-state index in [1.807, 2.05) is 4.90 Å². The Kier molecular flexibility index (Phi) is 3.61. The lowest BCUT2D eigenvalue weighted by atomic mass is 10.1. The van der Waals surface area contributed by atoms with Gasteiger partial charge in [-0.1, -0.05) is 20.8 Å². The first-order valence-electron chi connectivity index (χ1n) is 8.59. The summed E-state index contributed by atoms with van der Waals surface area (Å²) in [6, 6.07) is -0.273. The minimum absolute atomic E-state index is 0.0475. The average Bonchev–Trinajstić information content (AvgIpc) is 3.26. The van der Waals surface area contributed by atoms with Gasteiger partial charge >= 0.3 is 0 Å². The van der Waals surface area contributed by atoms with Gasteiger partial charge < -0.3 is 14.1 Å². The predicted octanol–water partition coefficient (Wildman–Crippen LogP) is 3.12. The second-order valence-electron chi connectivity index (χ2n) is 8.89. The summed E-state index contributed by atoms with van der Waals surface area (Å²) in [6.45, 7) is 11.2. The third-order valence-electron chi connectivity index (χ3n) is 6.19. The number of hydrogen-bond acceptors (Lipinski definition) is 3. The van der Waals surface area contributed by atoms with Gasteiger partial charge in [0.25, 0.3) is 0 Å². The van der Waals surface area contributed by atoms with Crippen molar-refractivity contribution in [2.45, 2.75) is 88.7 Å². The average molecular weight is 324 g/mol. The van der Waals surface area contributed by atoms with E-state index in [2.05, 4.69) is 33.9 Å². The molecule has 0 aromatic rings. The summed E-state index contributed by atoms with van der Waals surface area (Å²) in [5.41, 5.74) is -0.166. The Morgan fingerprint density at radius 2 is 1.86 bits per heavy atom. The van der Waals surface area contributed by atoms with Gasteiger partial charge in [0.1, 0.15) is 6.29 Å². The number of aldehydes is 1. The van der Waals surface area contributed by atoms with Crippen LogP contribution in [0.5, 0.6) is 0 Å². The fraction of sp³-hybridized carbons (Fsp3) is 0.882. The molecule has 0 bridgehead atoms. The van der Waals surface area contributed by atoms with Crippen molar-refractivity contribution in [2.75, 3.05) is 0 Å². The maximum Gasteiger partial charge on any atom is 0.226 e. The van der Waals surface area contributed by atoms with Crippen LogP contribution in [-0.2, 0) is 14.0 Å². The van der Waals surface area contributed by atoms with Crippen LogP contribution < -0.4 is 0 Å². The standard InChI is InChI=1S/C17H29NO3Si/c1-16(2,3)22(4,5)21-14-10-13(11-19)18(17(14)8-9-17)15(20)12-6-7-12/h11-14H,6-10H2,1-5H3/t13-,14+/m1/s1. The lowest BCUT2D eigenvalue weighted by Gasteiger charge is -2.40. The molecule has 0 unspecified atom stereocenters. The lowest BCUT2D eigenvalue weighted by molar-refractivity contribution is -0.139. The second kappa shape index (κ2) is 4.90. The third-order valence-corrected chi connectivity index (χ3v) is 10.7. The second-order valence-corrected chi connectivity index (χ2v) is 13.6. The molecular weight excluding hydrogens is 294 g/mol. The first-order valence-corrected chi connectivity index (χ1v) is 11.5. The lowest BCUT2D eigenvalue weighted by Crippen LogP contribution is -2.51. The molecule has 2 atom stereocenters. The van der Waals surface area contributed by atoms with Crippen molar-refractivity contribution in [3.63, 3.8) is 0 Å². The van der Waals surface area contributed by atoms with E-state index in [1.54, 1.807) is 0 Å². The highest BCUT2D eigenvalue weighted by Gasteiger charge is 2.65. The highest BCUT2D eigenvalue weighted by molar-refractivity contribution is 6.74. The van der Waals surface area contributed by atoms with Gasteiger partial charge in [0.15, 0.2) is 8.32 Å². The van der Waals surface area contributed by atoms with Crippen molar-refractivity contribution >= 4 is 20.5 Å². The van der Waals surface area contributed by atoms with Crippen molar-refractivity contribution in [3.05, 3.63) is 0 Å². The van der Waals surface area contributed by atoms with E-state index < -0.39 is 8.32 Å². The van der Waals surface area contributed by atoms with Gasteiger partial charge in [0, 0.05) is 12.3 Å². The Morgan fingerprint density at radius 1 is 1.27 bits per heavy atom. The first kappa shape index (κ1) is 16.2. The van der Waals surface area contributed by atoms with E-state index in [9.17, 15) is 9.59 Å². The van der Waals surface area contributed by atoms with E-state index in [0.717, 1.165) is 32.0 Å². The van der Waals surface area contributed by atoms with Crippen LogP contribution in [0.4, 0.5) is 0 Å². The fourth-order valence-corrected chi connectivity index (χ4v) is 4.82. The molecule has 0 N–H and O–H groups in total. The van der Waals surface area contributed by atoms with Gasteiger partial charge in [0.2, 0.25) is 5.91 Å². The van der Waals surface area contributed by atoms with Crippen molar-refractivity contribution in [1.29, 1.82) is 0 Å². The smallest absolute Gasteiger partial charge is 0.226 e. The maximum absolute atomic E-state index is 12.7. The summed E-state index contributed by atoms with van der Waals surface area (Å²) in [4.78, 5) is 26.1. The van der Waals surface area contributed by atoms with Crippen LogP contribution in [0.2, 0.25) is 18.1 Å². The zero-order chi connectivity index (χ0) is 16.3.